The molecule has 7 nitrogen and oxygen atoms in total. The van der Waals surface area contributed by atoms with Crippen molar-refractivity contribution in [3.05, 3.63) is 77.2 Å². The molecule has 4 rings (SSSR count). The normalized spacial score (nSPS) is 18.6. The van der Waals surface area contributed by atoms with Crippen LogP contribution in [0.1, 0.15) is 17.9 Å². The standard InChI is InChI=1S/C22H21ClF2N4O3S/c23-16-3-1-14(2-4-16)17-5-7-26-11-15(17)12-32-20-9-19(25)21(10-18(20)24)33(30,31)29-22-6-8-27-13-28-22/h1-4,6,8-10,13,15,17,26H,5,7,11-12H2,(H,27,28,29). The SMILES string of the molecule is O=S(=O)(Nc1ccncn1)c1cc(F)c(OCC2CNCCC2c2ccc(Cl)cc2)cc1F. The fraction of sp³-hybridized carbons (Fsp3) is 0.273. The monoisotopic (exact) mass is 494 g/mol. The lowest BCUT2D eigenvalue weighted by molar-refractivity contribution is 0.190. The first-order valence-electron chi connectivity index (χ1n) is 10.2. The molecule has 0 saturated carbocycles. The minimum Gasteiger partial charge on any atom is -0.490 e. The Hall–Kier alpha value is -2.82. The molecule has 1 aromatic heterocycles. The third-order valence-corrected chi connectivity index (χ3v) is 7.08. The van der Waals surface area contributed by atoms with Crippen molar-refractivity contribution in [3.63, 3.8) is 0 Å². The number of hydrogen-bond acceptors (Lipinski definition) is 6. The van der Waals surface area contributed by atoms with Crippen LogP contribution in [0.3, 0.4) is 0 Å². The topological polar surface area (TPSA) is 93.2 Å². The third kappa shape index (κ3) is 5.58. The van der Waals surface area contributed by atoms with Gasteiger partial charge in [-0.1, -0.05) is 23.7 Å². The minimum atomic E-state index is -4.40. The molecule has 2 unspecified atom stereocenters. The van der Waals surface area contributed by atoms with Gasteiger partial charge in [-0.3, -0.25) is 4.72 Å². The summed E-state index contributed by atoms with van der Waals surface area (Å²) in [6.45, 7) is 1.60. The van der Waals surface area contributed by atoms with Crippen molar-refractivity contribution in [2.45, 2.75) is 17.2 Å². The number of benzene rings is 2. The molecule has 0 spiro atoms. The van der Waals surface area contributed by atoms with Gasteiger partial charge in [0.1, 0.15) is 22.9 Å². The van der Waals surface area contributed by atoms with E-state index in [4.69, 9.17) is 16.3 Å². The van der Waals surface area contributed by atoms with E-state index in [0.29, 0.717) is 17.6 Å². The first kappa shape index (κ1) is 23.3. The number of aromatic nitrogens is 2. The predicted molar refractivity (Wildman–Crippen MR) is 120 cm³/mol. The maximum Gasteiger partial charge on any atom is 0.266 e. The highest BCUT2D eigenvalue weighted by molar-refractivity contribution is 7.92. The lowest BCUT2D eigenvalue weighted by Crippen LogP contribution is -2.38. The minimum absolute atomic E-state index is 0.00484. The summed E-state index contributed by atoms with van der Waals surface area (Å²) in [5.41, 5.74) is 1.10. The number of hydrogen-bond donors (Lipinski definition) is 2. The number of ether oxygens (including phenoxy) is 1. The molecule has 3 aromatic rings. The Morgan fingerprint density at radius 1 is 1.15 bits per heavy atom. The summed E-state index contributed by atoms with van der Waals surface area (Å²) >= 11 is 5.98. The van der Waals surface area contributed by atoms with Gasteiger partial charge in [-0.25, -0.2) is 27.2 Å². The smallest absolute Gasteiger partial charge is 0.266 e. The molecule has 1 aliphatic rings. The zero-order valence-electron chi connectivity index (χ0n) is 17.3. The van der Waals surface area contributed by atoms with Gasteiger partial charge in [0, 0.05) is 35.8 Å². The Morgan fingerprint density at radius 3 is 2.67 bits per heavy atom. The summed E-state index contributed by atoms with van der Waals surface area (Å²) in [6, 6.07) is 10.2. The Morgan fingerprint density at radius 2 is 1.94 bits per heavy atom. The fourth-order valence-corrected chi connectivity index (χ4v) is 5.02. The van der Waals surface area contributed by atoms with Crippen molar-refractivity contribution < 1.29 is 21.9 Å². The van der Waals surface area contributed by atoms with Gasteiger partial charge in [-0.05, 0) is 42.6 Å². The summed E-state index contributed by atoms with van der Waals surface area (Å²) in [7, 11) is -4.40. The molecule has 2 heterocycles. The molecule has 2 N–H and O–H groups in total. The van der Waals surface area contributed by atoms with Crippen LogP contribution in [-0.4, -0.2) is 38.1 Å². The van der Waals surface area contributed by atoms with Gasteiger partial charge < -0.3 is 10.1 Å². The number of piperidine rings is 1. The van der Waals surface area contributed by atoms with Gasteiger partial charge in [0.25, 0.3) is 10.0 Å². The van der Waals surface area contributed by atoms with Gasteiger partial charge in [0.05, 0.1) is 6.61 Å². The van der Waals surface area contributed by atoms with E-state index in [-0.39, 0.29) is 30.0 Å². The largest absolute Gasteiger partial charge is 0.490 e. The van der Waals surface area contributed by atoms with Crippen LogP contribution in [0.5, 0.6) is 5.75 Å². The van der Waals surface area contributed by atoms with Crippen LogP contribution in [0.15, 0.2) is 59.9 Å². The fourth-order valence-electron chi connectivity index (χ4n) is 3.81. The van der Waals surface area contributed by atoms with Crippen molar-refractivity contribution >= 4 is 27.4 Å². The quantitative estimate of drug-likeness (QED) is 0.516. The lowest BCUT2D eigenvalue weighted by Gasteiger charge is -2.32. The number of rotatable bonds is 7. The second kappa shape index (κ2) is 9.98. The van der Waals surface area contributed by atoms with E-state index in [0.717, 1.165) is 30.9 Å². The number of nitrogens with one attached hydrogen (secondary N) is 2. The van der Waals surface area contributed by atoms with Crippen molar-refractivity contribution in [1.29, 1.82) is 0 Å². The molecule has 1 aliphatic heterocycles. The van der Waals surface area contributed by atoms with Crippen molar-refractivity contribution in [2.24, 2.45) is 5.92 Å². The van der Waals surface area contributed by atoms with Gasteiger partial charge in [-0.15, -0.1) is 0 Å². The summed E-state index contributed by atoms with van der Waals surface area (Å²) < 4.78 is 62.0. The van der Waals surface area contributed by atoms with Crippen LogP contribution in [0.2, 0.25) is 5.02 Å². The van der Waals surface area contributed by atoms with Gasteiger partial charge in [-0.2, -0.15) is 0 Å². The Bertz CT molecular complexity index is 1210. The maximum absolute atomic E-state index is 14.7. The van der Waals surface area contributed by atoms with E-state index in [9.17, 15) is 17.2 Å². The molecule has 174 valence electrons. The van der Waals surface area contributed by atoms with E-state index >= 15 is 0 Å². The highest BCUT2D eigenvalue weighted by atomic mass is 35.5. The highest BCUT2D eigenvalue weighted by Crippen LogP contribution is 2.33. The summed E-state index contributed by atoms with van der Waals surface area (Å²) in [5.74, 6) is -2.37. The first-order chi connectivity index (χ1) is 15.8. The van der Waals surface area contributed by atoms with Crippen molar-refractivity contribution in [3.8, 4) is 5.75 Å². The Balaban J connectivity index is 1.49. The van der Waals surface area contributed by atoms with Crippen LogP contribution in [-0.2, 0) is 10.0 Å². The van der Waals surface area contributed by atoms with Crippen LogP contribution in [0, 0.1) is 17.6 Å². The average Bonchev–Trinajstić information content (AvgIpc) is 2.80. The second-order valence-corrected chi connectivity index (χ2v) is 9.72. The molecule has 0 aliphatic carbocycles. The first-order valence-corrected chi connectivity index (χ1v) is 12.1. The molecule has 2 atom stereocenters. The number of sulfonamides is 1. The third-order valence-electron chi connectivity index (χ3n) is 5.46. The highest BCUT2D eigenvalue weighted by Gasteiger charge is 2.28. The number of anilines is 1. The van der Waals surface area contributed by atoms with Crippen LogP contribution in [0.4, 0.5) is 14.6 Å². The molecular weight excluding hydrogens is 474 g/mol. The lowest BCUT2D eigenvalue weighted by atomic mass is 9.81. The zero-order chi connectivity index (χ0) is 23.4. The van der Waals surface area contributed by atoms with E-state index in [2.05, 4.69) is 20.0 Å². The van der Waals surface area contributed by atoms with Crippen LogP contribution >= 0.6 is 11.6 Å². The van der Waals surface area contributed by atoms with Crippen molar-refractivity contribution in [2.75, 3.05) is 24.4 Å². The average molecular weight is 495 g/mol. The molecule has 11 heteroatoms. The van der Waals surface area contributed by atoms with E-state index in [1.165, 1.54) is 12.3 Å². The Kier molecular flexibility index (Phi) is 7.06. The molecular formula is C22H21ClF2N4O3S. The summed E-state index contributed by atoms with van der Waals surface area (Å²) in [4.78, 5) is 6.55. The van der Waals surface area contributed by atoms with E-state index < -0.39 is 26.6 Å². The van der Waals surface area contributed by atoms with E-state index in [1.54, 1.807) is 0 Å². The maximum atomic E-state index is 14.7. The number of halogens is 3. The van der Waals surface area contributed by atoms with E-state index in [1.807, 2.05) is 24.3 Å². The second-order valence-electron chi connectivity index (χ2n) is 7.64. The number of nitrogens with zero attached hydrogens (tertiary/aromatic N) is 2. The molecule has 0 bridgehead atoms. The zero-order valence-corrected chi connectivity index (χ0v) is 18.9. The molecule has 0 radical (unpaired) electrons. The summed E-state index contributed by atoms with van der Waals surface area (Å²) in [5, 5.41) is 3.93. The van der Waals surface area contributed by atoms with Crippen LogP contribution in [0.25, 0.3) is 0 Å². The van der Waals surface area contributed by atoms with Gasteiger partial charge in [0.15, 0.2) is 11.6 Å². The van der Waals surface area contributed by atoms with Gasteiger partial charge in [0.2, 0.25) is 0 Å². The molecule has 33 heavy (non-hydrogen) atoms. The van der Waals surface area contributed by atoms with Crippen molar-refractivity contribution in [1.82, 2.24) is 15.3 Å². The summed E-state index contributed by atoms with van der Waals surface area (Å²) in [6.07, 6.45) is 3.30. The molecule has 2 aromatic carbocycles. The van der Waals surface area contributed by atoms with Gasteiger partial charge >= 0.3 is 0 Å². The predicted octanol–water partition coefficient (Wildman–Crippen LogP) is 3.98. The molecule has 1 saturated heterocycles. The molecule has 1 fully saturated rings. The molecule has 0 amide bonds. The Labute approximate surface area is 195 Å². The van der Waals surface area contributed by atoms with Crippen LogP contribution < -0.4 is 14.8 Å².